The Balaban J connectivity index is 2.20. The molecule has 4 nitrogen and oxygen atoms in total. The van der Waals surface area contributed by atoms with Gasteiger partial charge >= 0.3 is 6.03 Å². The molecule has 0 aliphatic heterocycles. The van der Waals surface area contributed by atoms with Crippen molar-refractivity contribution in [3.8, 4) is 0 Å². The Morgan fingerprint density at radius 2 is 2.12 bits per heavy atom. The molecule has 1 rings (SSSR count). The summed E-state index contributed by atoms with van der Waals surface area (Å²) in [5.74, 6) is 0.754. The molecule has 0 aromatic heterocycles. The first-order chi connectivity index (χ1) is 8.19. The number of rotatable bonds is 6. The molecule has 0 unspecified atom stereocenters. The topological polar surface area (TPSA) is 61.4 Å². The summed E-state index contributed by atoms with van der Waals surface area (Å²) in [6.07, 6.45) is 6.90. The van der Waals surface area contributed by atoms with Crippen molar-refractivity contribution < 1.29 is 9.90 Å². The molecule has 1 aliphatic rings. The second-order valence-corrected chi connectivity index (χ2v) is 4.71. The van der Waals surface area contributed by atoms with Crippen LogP contribution >= 0.6 is 0 Å². The van der Waals surface area contributed by atoms with Crippen LogP contribution in [0.4, 0.5) is 4.79 Å². The second-order valence-electron chi connectivity index (χ2n) is 4.71. The number of aliphatic hydroxyl groups is 1. The Bertz CT molecular complexity index is 262. The lowest BCUT2D eigenvalue weighted by Crippen LogP contribution is -2.42. The number of hydrogen-bond donors (Lipinski definition) is 3. The molecule has 0 aromatic rings. The van der Waals surface area contributed by atoms with Gasteiger partial charge in [-0.15, -0.1) is 0 Å². The first kappa shape index (κ1) is 14.0. The quantitative estimate of drug-likeness (QED) is 0.618. The highest BCUT2D eigenvalue weighted by atomic mass is 16.3. The van der Waals surface area contributed by atoms with Crippen LogP contribution in [0.15, 0.2) is 12.2 Å². The van der Waals surface area contributed by atoms with E-state index in [0.29, 0.717) is 5.92 Å². The minimum Gasteiger partial charge on any atom is -0.396 e. The van der Waals surface area contributed by atoms with Crippen molar-refractivity contribution >= 4 is 6.03 Å². The normalized spacial score (nSPS) is 23.1. The summed E-state index contributed by atoms with van der Waals surface area (Å²) in [6.45, 7) is 5.17. The Kier molecular flexibility index (Phi) is 6.05. The van der Waals surface area contributed by atoms with Crippen molar-refractivity contribution in [2.24, 2.45) is 11.8 Å². The number of urea groups is 1. The van der Waals surface area contributed by atoms with Gasteiger partial charge in [-0.05, 0) is 12.3 Å². The maximum Gasteiger partial charge on any atom is 0.315 e. The van der Waals surface area contributed by atoms with Crippen LogP contribution in [0.25, 0.3) is 0 Å². The average Bonchev–Trinajstić information content (AvgIpc) is 2.78. The Morgan fingerprint density at radius 3 is 2.65 bits per heavy atom. The average molecular weight is 240 g/mol. The molecule has 17 heavy (non-hydrogen) atoms. The number of nitrogens with one attached hydrogen (secondary N) is 2. The van der Waals surface area contributed by atoms with Crippen molar-refractivity contribution in [1.82, 2.24) is 10.6 Å². The zero-order valence-electron chi connectivity index (χ0n) is 10.8. The molecular weight excluding hydrogens is 216 g/mol. The molecule has 0 saturated heterocycles. The molecule has 0 saturated carbocycles. The van der Waals surface area contributed by atoms with E-state index in [1.54, 1.807) is 0 Å². The summed E-state index contributed by atoms with van der Waals surface area (Å²) < 4.78 is 0. The third-order valence-corrected chi connectivity index (χ3v) is 3.43. The van der Waals surface area contributed by atoms with E-state index in [0.717, 1.165) is 25.8 Å². The van der Waals surface area contributed by atoms with Gasteiger partial charge in [-0.2, -0.15) is 0 Å². The minimum atomic E-state index is -0.106. The standard InChI is InChI=1S/C13H24N2O2/c1-3-10(4-2)8-14-13(17)15-12-6-5-11(7-12)9-16/h5-6,10-12,16H,3-4,7-9H2,1-2H3,(H2,14,15,17)/t11-,12+/m0/s1. The van der Waals surface area contributed by atoms with Crippen LogP contribution in [0.3, 0.4) is 0 Å². The van der Waals surface area contributed by atoms with Crippen LogP contribution in [0.1, 0.15) is 33.1 Å². The summed E-state index contributed by atoms with van der Waals surface area (Å²) in [5.41, 5.74) is 0. The van der Waals surface area contributed by atoms with Crippen molar-refractivity contribution in [3.63, 3.8) is 0 Å². The SMILES string of the molecule is CCC(CC)CNC(=O)N[C@@H]1C=C[C@H](CO)C1. The highest BCUT2D eigenvalue weighted by Gasteiger charge is 2.19. The van der Waals surface area contributed by atoms with Crippen LogP contribution in [-0.2, 0) is 0 Å². The number of aliphatic hydroxyl groups excluding tert-OH is 1. The first-order valence-electron chi connectivity index (χ1n) is 6.53. The van der Waals surface area contributed by atoms with Crippen molar-refractivity contribution in [3.05, 3.63) is 12.2 Å². The zero-order chi connectivity index (χ0) is 12.7. The molecule has 4 heteroatoms. The summed E-state index contributed by atoms with van der Waals surface area (Å²) >= 11 is 0. The molecule has 0 radical (unpaired) electrons. The molecule has 0 bridgehead atoms. The van der Waals surface area contributed by atoms with Crippen LogP contribution < -0.4 is 10.6 Å². The van der Waals surface area contributed by atoms with E-state index in [2.05, 4.69) is 24.5 Å². The second kappa shape index (κ2) is 7.33. The summed E-state index contributed by atoms with van der Waals surface area (Å²) in [4.78, 5) is 11.6. The number of carbonyl (C=O) groups is 1. The van der Waals surface area contributed by atoms with Gasteiger partial charge in [0.1, 0.15) is 0 Å². The van der Waals surface area contributed by atoms with E-state index >= 15 is 0 Å². The lowest BCUT2D eigenvalue weighted by atomic mass is 10.0. The van der Waals surface area contributed by atoms with Crippen LogP contribution in [0, 0.1) is 11.8 Å². The van der Waals surface area contributed by atoms with Crippen molar-refractivity contribution in [2.75, 3.05) is 13.2 Å². The molecular formula is C13H24N2O2. The Labute approximate surface area is 103 Å². The highest BCUT2D eigenvalue weighted by molar-refractivity contribution is 5.74. The lowest BCUT2D eigenvalue weighted by molar-refractivity contribution is 0.229. The molecule has 0 heterocycles. The minimum absolute atomic E-state index is 0.0638. The summed E-state index contributed by atoms with van der Waals surface area (Å²) in [6, 6.07) is -0.0426. The van der Waals surface area contributed by atoms with Crippen molar-refractivity contribution in [2.45, 2.75) is 39.2 Å². The van der Waals surface area contributed by atoms with Gasteiger partial charge in [0.25, 0.3) is 0 Å². The predicted octanol–water partition coefficient (Wildman–Crippen LogP) is 1.66. The van der Waals surface area contributed by atoms with E-state index < -0.39 is 0 Å². The van der Waals surface area contributed by atoms with E-state index in [1.807, 2.05) is 12.2 Å². The monoisotopic (exact) mass is 240 g/mol. The van der Waals surface area contributed by atoms with Gasteiger partial charge in [-0.3, -0.25) is 0 Å². The maximum atomic E-state index is 11.6. The van der Waals surface area contributed by atoms with Crippen LogP contribution in [-0.4, -0.2) is 30.3 Å². The number of carbonyl (C=O) groups excluding carboxylic acids is 1. The molecule has 0 fully saturated rings. The van der Waals surface area contributed by atoms with Gasteiger partial charge in [-0.1, -0.05) is 38.8 Å². The predicted molar refractivity (Wildman–Crippen MR) is 68.7 cm³/mol. The first-order valence-corrected chi connectivity index (χ1v) is 6.53. The molecule has 3 N–H and O–H groups in total. The van der Waals surface area contributed by atoms with E-state index in [-0.39, 0.29) is 24.6 Å². The van der Waals surface area contributed by atoms with E-state index in [9.17, 15) is 4.79 Å². The molecule has 2 atom stereocenters. The number of amides is 2. The fourth-order valence-corrected chi connectivity index (χ4v) is 2.05. The van der Waals surface area contributed by atoms with E-state index in [4.69, 9.17) is 5.11 Å². The van der Waals surface area contributed by atoms with Gasteiger partial charge in [-0.25, -0.2) is 4.79 Å². The highest BCUT2D eigenvalue weighted by Crippen LogP contribution is 2.16. The fourth-order valence-electron chi connectivity index (χ4n) is 2.05. The number of hydrogen-bond acceptors (Lipinski definition) is 2. The largest absolute Gasteiger partial charge is 0.396 e. The molecule has 1 aliphatic carbocycles. The summed E-state index contributed by atoms with van der Waals surface area (Å²) in [5, 5.41) is 14.8. The molecule has 2 amide bonds. The van der Waals surface area contributed by atoms with Gasteiger partial charge in [0.2, 0.25) is 0 Å². The van der Waals surface area contributed by atoms with Gasteiger partial charge in [0.05, 0.1) is 0 Å². The molecule has 98 valence electrons. The van der Waals surface area contributed by atoms with E-state index in [1.165, 1.54) is 0 Å². The van der Waals surface area contributed by atoms with Crippen LogP contribution in [0.5, 0.6) is 0 Å². The Morgan fingerprint density at radius 1 is 1.41 bits per heavy atom. The molecule has 0 aromatic carbocycles. The van der Waals surface area contributed by atoms with Gasteiger partial charge < -0.3 is 15.7 Å². The maximum absolute atomic E-state index is 11.6. The smallest absolute Gasteiger partial charge is 0.315 e. The third kappa shape index (κ3) is 4.77. The third-order valence-electron chi connectivity index (χ3n) is 3.43. The van der Waals surface area contributed by atoms with Crippen molar-refractivity contribution in [1.29, 1.82) is 0 Å². The Hall–Kier alpha value is -1.03. The summed E-state index contributed by atoms with van der Waals surface area (Å²) in [7, 11) is 0. The lowest BCUT2D eigenvalue weighted by Gasteiger charge is -2.16. The van der Waals surface area contributed by atoms with Gasteiger partial charge in [0, 0.05) is 25.1 Å². The zero-order valence-corrected chi connectivity index (χ0v) is 10.8. The van der Waals surface area contributed by atoms with Crippen LogP contribution in [0.2, 0.25) is 0 Å². The fraction of sp³-hybridized carbons (Fsp3) is 0.769. The molecule has 0 spiro atoms. The van der Waals surface area contributed by atoms with Gasteiger partial charge in [0.15, 0.2) is 0 Å².